The minimum absolute atomic E-state index is 0.118. The fourth-order valence-corrected chi connectivity index (χ4v) is 0.957. The first-order chi connectivity index (χ1) is 5.16. The smallest absolute Gasteiger partial charge is 0.303 e. The van der Waals surface area contributed by atoms with Crippen LogP contribution in [0.5, 0.6) is 0 Å². The lowest BCUT2D eigenvalue weighted by molar-refractivity contribution is -0.137. The van der Waals surface area contributed by atoms with Crippen molar-refractivity contribution in [3.05, 3.63) is 0 Å². The van der Waals surface area contributed by atoms with E-state index in [2.05, 4.69) is 12.6 Å². The highest BCUT2D eigenvalue weighted by atomic mass is 32.1. The Labute approximate surface area is 72.4 Å². The zero-order valence-electron chi connectivity index (χ0n) is 6.49. The molecule has 3 N–H and O–H groups in total. The van der Waals surface area contributed by atoms with Crippen molar-refractivity contribution >= 4 is 18.6 Å². The molecule has 0 aromatic heterocycles. The molecule has 0 amide bonds. The van der Waals surface area contributed by atoms with Crippen molar-refractivity contribution in [2.75, 3.05) is 5.75 Å². The van der Waals surface area contributed by atoms with E-state index in [0.29, 0.717) is 5.75 Å². The monoisotopic (exact) mass is 177 g/mol. The average Bonchev–Trinajstić information content (AvgIpc) is 1.97. The zero-order chi connectivity index (χ0) is 8.69. The van der Waals surface area contributed by atoms with Gasteiger partial charge < -0.3 is 10.8 Å². The Bertz CT molecular complexity index is 119. The quantitative estimate of drug-likeness (QED) is 0.417. The summed E-state index contributed by atoms with van der Waals surface area (Å²) in [7, 11) is 0. The van der Waals surface area contributed by atoms with Crippen LogP contribution in [0.25, 0.3) is 0 Å². The van der Waals surface area contributed by atoms with Crippen molar-refractivity contribution in [2.45, 2.75) is 31.7 Å². The first-order valence-electron chi connectivity index (χ1n) is 3.75. The molecule has 11 heavy (non-hydrogen) atoms. The number of rotatable bonds is 6. The van der Waals surface area contributed by atoms with E-state index in [4.69, 9.17) is 10.8 Å². The van der Waals surface area contributed by atoms with E-state index in [0.717, 1.165) is 19.3 Å². The number of carboxylic acid groups (broad SMARTS) is 1. The summed E-state index contributed by atoms with van der Waals surface area (Å²) in [5, 5.41) is 8.29. The van der Waals surface area contributed by atoms with Crippen LogP contribution in [-0.2, 0) is 4.79 Å². The van der Waals surface area contributed by atoms with Crippen molar-refractivity contribution < 1.29 is 9.90 Å². The number of carbonyl (C=O) groups is 1. The van der Waals surface area contributed by atoms with Crippen molar-refractivity contribution in [1.82, 2.24) is 0 Å². The summed E-state index contributed by atoms with van der Waals surface area (Å²) in [6, 6.07) is 0.118. The maximum Gasteiger partial charge on any atom is 0.303 e. The SMILES string of the molecule is NC(CS)CCCCC(=O)O. The Hall–Kier alpha value is -0.220. The van der Waals surface area contributed by atoms with Gasteiger partial charge in [-0.2, -0.15) is 12.6 Å². The van der Waals surface area contributed by atoms with Crippen LogP contribution < -0.4 is 5.73 Å². The molecule has 0 saturated carbocycles. The van der Waals surface area contributed by atoms with Crippen LogP contribution in [0.3, 0.4) is 0 Å². The van der Waals surface area contributed by atoms with Crippen LogP contribution >= 0.6 is 12.6 Å². The van der Waals surface area contributed by atoms with Crippen molar-refractivity contribution in [3.8, 4) is 0 Å². The maximum absolute atomic E-state index is 10.1. The molecular weight excluding hydrogens is 162 g/mol. The second-order valence-electron chi connectivity index (χ2n) is 2.58. The summed E-state index contributed by atoms with van der Waals surface area (Å²) in [4.78, 5) is 10.1. The molecule has 0 aliphatic rings. The highest BCUT2D eigenvalue weighted by Crippen LogP contribution is 2.02. The van der Waals surface area contributed by atoms with E-state index in [9.17, 15) is 4.79 Å². The summed E-state index contributed by atoms with van der Waals surface area (Å²) in [5.41, 5.74) is 5.57. The van der Waals surface area contributed by atoms with Gasteiger partial charge in [0.15, 0.2) is 0 Å². The van der Waals surface area contributed by atoms with E-state index in [1.165, 1.54) is 0 Å². The molecular formula is C7H15NO2S. The first kappa shape index (κ1) is 10.8. The van der Waals surface area contributed by atoms with Gasteiger partial charge in [0.25, 0.3) is 0 Å². The molecule has 1 unspecified atom stereocenters. The predicted molar refractivity (Wildman–Crippen MR) is 47.9 cm³/mol. The van der Waals surface area contributed by atoms with Gasteiger partial charge in [-0.25, -0.2) is 0 Å². The fraction of sp³-hybridized carbons (Fsp3) is 0.857. The molecule has 4 heteroatoms. The highest BCUT2D eigenvalue weighted by molar-refractivity contribution is 7.80. The van der Waals surface area contributed by atoms with Gasteiger partial charge in [0.1, 0.15) is 0 Å². The Morgan fingerprint density at radius 3 is 2.64 bits per heavy atom. The number of hydrogen-bond donors (Lipinski definition) is 3. The van der Waals surface area contributed by atoms with Gasteiger partial charge in [0.05, 0.1) is 0 Å². The molecule has 3 nitrogen and oxygen atoms in total. The summed E-state index contributed by atoms with van der Waals surface area (Å²) in [6.45, 7) is 0. The lowest BCUT2D eigenvalue weighted by Crippen LogP contribution is -2.21. The number of aliphatic carboxylic acids is 1. The van der Waals surface area contributed by atoms with E-state index in [1.807, 2.05) is 0 Å². The van der Waals surface area contributed by atoms with Crippen molar-refractivity contribution in [1.29, 1.82) is 0 Å². The fourth-order valence-electron chi connectivity index (χ4n) is 0.774. The average molecular weight is 177 g/mol. The molecule has 0 rings (SSSR count). The lowest BCUT2D eigenvalue weighted by atomic mass is 10.1. The highest BCUT2D eigenvalue weighted by Gasteiger charge is 2.00. The van der Waals surface area contributed by atoms with E-state index < -0.39 is 5.97 Å². The number of thiol groups is 1. The summed E-state index contributed by atoms with van der Waals surface area (Å²) < 4.78 is 0. The Morgan fingerprint density at radius 1 is 1.55 bits per heavy atom. The van der Waals surface area contributed by atoms with Crippen LogP contribution in [0, 0.1) is 0 Å². The molecule has 0 heterocycles. The normalized spacial score (nSPS) is 12.9. The Kier molecular flexibility index (Phi) is 6.36. The van der Waals surface area contributed by atoms with Gasteiger partial charge in [-0.3, -0.25) is 4.79 Å². The minimum atomic E-state index is -0.732. The molecule has 0 aliphatic heterocycles. The molecule has 0 fully saturated rings. The van der Waals surface area contributed by atoms with Gasteiger partial charge >= 0.3 is 5.97 Å². The van der Waals surface area contributed by atoms with E-state index in [1.54, 1.807) is 0 Å². The zero-order valence-corrected chi connectivity index (χ0v) is 7.39. The third-order valence-electron chi connectivity index (χ3n) is 1.45. The predicted octanol–water partition coefficient (Wildman–Crippen LogP) is 0.889. The maximum atomic E-state index is 10.1. The van der Waals surface area contributed by atoms with Gasteiger partial charge in [-0.1, -0.05) is 6.42 Å². The number of carboxylic acids is 1. The summed E-state index contributed by atoms with van der Waals surface area (Å²) >= 11 is 4.02. The van der Waals surface area contributed by atoms with Crippen molar-refractivity contribution in [3.63, 3.8) is 0 Å². The number of unbranched alkanes of at least 4 members (excludes halogenated alkanes) is 1. The molecule has 66 valence electrons. The Morgan fingerprint density at radius 2 is 2.18 bits per heavy atom. The largest absolute Gasteiger partial charge is 0.481 e. The van der Waals surface area contributed by atoms with Crippen LogP contribution in [0.4, 0.5) is 0 Å². The molecule has 0 spiro atoms. The van der Waals surface area contributed by atoms with Crippen molar-refractivity contribution in [2.24, 2.45) is 5.73 Å². The van der Waals surface area contributed by atoms with Crippen LogP contribution in [0.2, 0.25) is 0 Å². The topological polar surface area (TPSA) is 63.3 Å². The van der Waals surface area contributed by atoms with E-state index in [-0.39, 0.29) is 12.5 Å². The molecule has 0 saturated heterocycles. The minimum Gasteiger partial charge on any atom is -0.481 e. The first-order valence-corrected chi connectivity index (χ1v) is 4.38. The third kappa shape index (κ3) is 7.68. The standard InChI is InChI=1S/C7H15NO2S/c8-6(5-11)3-1-2-4-7(9)10/h6,11H,1-5,8H2,(H,9,10). The lowest BCUT2D eigenvalue weighted by Gasteiger charge is -2.05. The summed E-state index contributed by atoms with van der Waals surface area (Å²) in [5.74, 6) is -0.0583. The van der Waals surface area contributed by atoms with Gasteiger partial charge in [0.2, 0.25) is 0 Å². The molecule has 0 aromatic rings. The molecule has 0 aromatic carbocycles. The Balaban J connectivity index is 3.08. The van der Waals surface area contributed by atoms with Crippen LogP contribution in [0.15, 0.2) is 0 Å². The second kappa shape index (κ2) is 6.49. The van der Waals surface area contributed by atoms with Crippen LogP contribution in [-0.4, -0.2) is 22.9 Å². The number of nitrogens with two attached hydrogens (primary N) is 1. The third-order valence-corrected chi connectivity index (χ3v) is 1.92. The van der Waals surface area contributed by atoms with Gasteiger partial charge in [0, 0.05) is 18.2 Å². The molecule has 0 bridgehead atoms. The van der Waals surface area contributed by atoms with Gasteiger partial charge in [-0.05, 0) is 12.8 Å². The molecule has 1 atom stereocenters. The van der Waals surface area contributed by atoms with Gasteiger partial charge in [-0.15, -0.1) is 0 Å². The van der Waals surface area contributed by atoms with Crippen LogP contribution in [0.1, 0.15) is 25.7 Å². The molecule has 0 aliphatic carbocycles. The summed E-state index contributed by atoms with van der Waals surface area (Å²) in [6.07, 6.45) is 2.72. The van der Waals surface area contributed by atoms with E-state index >= 15 is 0 Å². The molecule has 0 radical (unpaired) electrons. The second-order valence-corrected chi connectivity index (χ2v) is 2.95. The number of hydrogen-bond acceptors (Lipinski definition) is 3.